The van der Waals surface area contributed by atoms with Crippen LogP contribution in [0.5, 0.6) is 0 Å². The van der Waals surface area contributed by atoms with Crippen LogP contribution in [0.4, 0.5) is 0 Å². The molecular formula is C26H20N4S. The van der Waals surface area contributed by atoms with Crippen LogP contribution in [0.3, 0.4) is 0 Å². The smallest absolute Gasteiger partial charge is 0.131 e. The Bertz CT molecular complexity index is 1370. The van der Waals surface area contributed by atoms with Gasteiger partial charge in [-0.15, -0.1) is 0 Å². The van der Waals surface area contributed by atoms with E-state index in [9.17, 15) is 0 Å². The van der Waals surface area contributed by atoms with Crippen molar-refractivity contribution in [3.63, 3.8) is 0 Å². The van der Waals surface area contributed by atoms with Gasteiger partial charge in [0.25, 0.3) is 0 Å². The second kappa shape index (κ2) is 8.20. The van der Waals surface area contributed by atoms with Gasteiger partial charge in [-0.2, -0.15) is 8.75 Å². The van der Waals surface area contributed by atoms with Gasteiger partial charge in [0.1, 0.15) is 11.0 Å². The molecule has 0 radical (unpaired) electrons. The fourth-order valence-corrected chi connectivity index (χ4v) is 4.10. The van der Waals surface area contributed by atoms with Gasteiger partial charge in [0.05, 0.1) is 23.1 Å². The molecule has 0 aliphatic carbocycles. The number of aryl methyl sites for hydroxylation is 2. The summed E-state index contributed by atoms with van der Waals surface area (Å²) in [5.74, 6) is 0. The van der Waals surface area contributed by atoms with Gasteiger partial charge in [-0.25, -0.2) is 4.98 Å². The van der Waals surface area contributed by atoms with E-state index >= 15 is 0 Å². The summed E-state index contributed by atoms with van der Waals surface area (Å²) in [6.45, 7) is 4.17. The molecule has 0 aliphatic rings. The minimum Gasteiger partial charge on any atom is -0.265 e. The molecule has 5 rings (SSSR count). The number of aromatic nitrogens is 4. The van der Waals surface area contributed by atoms with Crippen LogP contribution in [0, 0.1) is 13.8 Å². The lowest BCUT2D eigenvalue weighted by Gasteiger charge is -2.11. The third kappa shape index (κ3) is 3.88. The first kappa shape index (κ1) is 19.3. The maximum atomic E-state index is 5.09. The topological polar surface area (TPSA) is 51.6 Å². The molecule has 0 saturated carbocycles. The average Bonchev–Trinajstić information content (AvgIpc) is 3.29. The molecule has 0 fully saturated rings. The lowest BCUT2D eigenvalue weighted by Crippen LogP contribution is -1.95. The summed E-state index contributed by atoms with van der Waals surface area (Å²) in [4.78, 5) is 9.19. The van der Waals surface area contributed by atoms with Crippen molar-refractivity contribution < 1.29 is 0 Å². The van der Waals surface area contributed by atoms with E-state index in [1.807, 2.05) is 12.1 Å². The molecule has 3 heterocycles. The quantitative estimate of drug-likeness (QED) is 0.328. The maximum Gasteiger partial charge on any atom is 0.131 e. The Balaban J connectivity index is 1.76. The molecule has 0 aliphatic heterocycles. The Kier molecular flexibility index (Phi) is 5.10. The first-order chi connectivity index (χ1) is 15.2. The zero-order chi connectivity index (χ0) is 21.2. The minimum atomic E-state index is 0.838. The Morgan fingerprint density at radius 1 is 0.677 bits per heavy atom. The van der Waals surface area contributed by atoms with Gasteiger partial charge in [-0.05, 0) is 43.2 Å². The first-order valence-corrected chi connectivity index (χ1v) is 10.8. The van der Waals surface area contributed by atoms with Crippen molar-refractivity contribution in [1.82, 2.24) is 18.7 Å². The van der Waals surface area contributed by atoms with Crippen LogP contribution < -0.4 is 0 Å². The molecule has 0 unspecified atom stereocenters. The van der Waals surface area contributed by atoms with E-state index in [-0.39, 0.29) is 0 Å². The molecule has 0 N–H and O–H groups in total. The second-order valence-electron chi connectivity index (χ2n) is 7.53. The molecule has 0 bridgehead atoms. The van der Waals surface area contributed by atoms with Crippen LogP contribution in [0.25, 0.3) is 45.6 Å². The fraction of sp³-hybridized carbons (Fsp3) is 0.0769. The number of pyridine rings is 2. The van der Waals surface area contributed by atoms with Gasteiger partial charge < -0.3 is 0 Å². The van der Waals surface area contributed by atoms with Crippen LogP contribution in [-0.4, -0.2) is 18.7 Å². The SMILES string of the molecule is Cc1ccc(-c2nc(/C=C/c3ccncc3)c(-c3ccc(C)cc3)c3nsnc23)cc1. The number of fused-ring (bicyclic) bond motifs is 1. The normalized spacial score (nSPS) is 11.4. The summed E-state index contributed by atoms with van der Waals surface area (Å²) >= 11 is 1.23. The van der Waals surface area contributed by atoms with Crippen molar-refractivity contribution in [2.24, 2.45) is 0 Å². The molecular weight excluding hydrogens is 400 g/mol. The zero-order valence-electron chi connectivity index (χ0n) is 17.3. The van der Waals surface area contributed by atoms with E-state index in [0.29, 0.717) is 0 Å². The molecule has 5 heteroatoms. The van der Waals surface area contributed by atoms with Crippen molar-refractivity contribution in [3.8, 4) is 22.4 Å². The zero-order valence-corrected chi connectivity index (χ0v) is 18.1. The van der Waals surface area contributed by atoms with Crippen molar-refractivity contribution in [2.45, 2.75) is 13.8 Å². The summed E-state index contributed by atoms with van der Waals surface area (Å²) in [7, 11) is 0. The fourth-order valence-electron chi connectivity index (χ4n) is 3.55. The molecule has 3 aromatic heterocycles. The number of hydrogen-bond donors (Lipinski definition) is 0. The highest BCUT2D eigenvalue weighted by Crippen LogP contribution is 2.36. The molecule has 150 valence electrons. The minimum absolute atomic E-state index is 0.838. The summed E-state index contributed by atoms with van der Waals surface area (Å²) in [5, 5.41) is 0. The van der Waals surface area contributed by atoms with Crippen molar-refractivity contribution >= 4 is 34.9 Å². The highest BCUT2D eigenvalue weighted by Gasteiger charge is 2.19. The largest absolute Gasteiger partial charge is 0.265 e. The van der Waals surface area contributed by atoms with Crippen molar-refractivity contribution in [1.29, 1.82) is 0 Å². The highest BCUT2D eigenvalue weighted by atomic mass is 32.1. The van der Waals surface area contributed by atoms with Gasteiger partial charge in [0.2, 0.25) is 0 Å². The molecule has 0 saturated heterocycles. The van der Waals surface area contributed by atoms with Crippen LogP contribution in [0.15, 0.2) is 73.1 Å². The van der Waals surface area contributed by atoms with Crippen LogP contribution in [-0.2, 0) is 0 Å². The van der Waals surface area contributed by atoms with Crippen LogP contribution in [0.2, 0.25) is 0 Å². The summed E-state index contributed by atoms with van der Waals surface area (Å²) in [5.41, 5.74) is 10.1. The monoisotopic (exact) mass is 420 g/mol. The number of rotatable bonds is 4. The van der Waals surface area contributed by atoms with E-state index < -0.39 is 0 Å². The van der Waals surface area contributed by atoms with Gasteiger partial charge in [-0.1, -0.05) is 65.7 Å². The lowest BCUT2D eigenvalue weighted by atomic mass is 9.98. The average molecular weight is 421 g/mol. The molecule has 2 aromatic carbocycles. The predicted octanol–water partition coefficient (Wildman–Crippen LogP) is 6.60. The molecule has 0 spiro atoms. The second-order valence-corrected chi connectivity index (χ2v) is 8.06. The third-order valence-corrected chi connectivity index (χ3v) is 5.77. The van der Waals surface area contributed by atoms with Crippen LogP contribution in [0.1, 0.15) is 22.4 Å². The van der Waals surface area contributed by atoms with E-state index in [2.05, 4.69) is 88.3 Å². The van der Waals surface area contributed by atoms with Crippen molar-refractivity contribution in [3.05, 3.63) is 95.4 Å². The van der Waals surface area contributed by atoms with Crippen LogP contribution >= 0.6 is 11.7 Å². The number of nitrogens with zero attached hydrogens (tertiary/aromatic N) is 4. The summed E-state index contributed by atoms with van der Waals surface area (Å²) < 4.78 is 9.30. The van der Waals surface area contributed by atoms with Gasteiger partial charge in [0.15, 0.2) is 0 Å². The Morgan fingerprint density at radius 3 is 1.97 bits per heavy atom. The first-order valence-electron chi connectivity index (χ1n) is 10.1. The summed E-state index contributed by atoms with van der Waals surface area (Å²) in [6, 6.07) is 20.8. The molecule has 31 heavy (non-hydrogen) atoms. The number of benzene rings is 2. The van der Waals surface area contributed by atoms with Crippen molar-refractivity contribution in [2.75, 3.05) is 0 Å². The Morgan fingerprint density at radius 2 is 1.29 bits per heavy atom. The predicted molar refractivity (Wildman–Crippen MR) is 129 cm³/mol. The molecule has 0 amide bonds. The molecule has 4 nitrogen and oxygen atoms in total. The van der Waals surface area contributed by atoms with Gasteiger partial charge in [0, 0.05) is 23.5 Å². The van der Waals surface area contributed by atoms with E-state index in [1.165, 1.54) is 22.9 Å². The standard InChI is InChI=1S/C26H20N4S/c1-17-3-8-20(9-4-17)23-22(12-7-19-13-15-27-16-14-19)28-24(26-25(23)29-31-30-26)21-10-5-18(2)6-11-21/h3-16H,1-2H3/b12-7+. The van der Waals surface area contributed by atoms with E-state index in [1.54, 1.807) is 12.4 Å². The Labute approximate surface area is 185 Å². The highest BCUT2D eigenvalue weighted by molar-refractivity contribution is 7.00. The molecule has 5 aromatic rings. The van der Waals surface area contributed by atoms with E-state index in [0.717, 1.165) is 44.7 Å². The Hall–Kier alpha value is -3.70. The van der Waals surface area contributed by atoms with Gasteiger partial charge in [-0.3, -0.25) is 4.98 Å². The van der Waals surface area contributed by atoms with Gasteiger partial charge >= 0.3 is 0 Å². The maximum absolute atomic E-state index is 5.09. The lowest BCUT2D eigenvalue weighted by molar-refractivity contribution is 1.30. The summed E-state index contributed by atoms with van der Waals surface area (Å²) in [6.07, 6.45) is 7.70. The number of hydrogen-bond acceptors (Lipinski definition) is 5. The molecule has 0 atom stereocenters. The third-order valence-electron chi connectivity index (χ3n) is 5.24. The van der Waals surface area contributed by atoms with E-state index in [4.69, 9.17) is 4.98 Å².